The molecule has 1 heterocycles. The first-order valence-corrected chi connectivity index (χ1v) is 25.1. The van der Waals surface area contributed by atoms with E-state index in [9.17, 15) is 30.0 Å². The maximum Gasteiger partial charge on any atom is 0.306 e. The van der Waals surface area contributed by atoms with E-state index < -0.39 is 49.4 Å². The van der Waals surface area contributed by atoms with Gasteiger partial charge in [0.1, 0.15) is 31.0 Å². The topological polar surface area (TPSA) is 152 Å². The van der Waals surface area contributed by atoms with Crippen LogP contribution in [0.2, 0.25) is 0 Å². The van der Waals surface area contributed by atoms with Gasteiger partial charge in [0, 0.05) is 12.8 Å². The largest absolute Gasteiger partial charge is 0.462 e. The average Bonchev–Trinajstić information content (AvgIpc) is 3.26. The number of aliphatic hydroxyl groups is 4. The third kappa shape index (κ3) is 33.1. The molecule has 10 nitrogen and oxygen atoms in total. The minimum Gasteiger partial charge on any atom is -0.462 e. The molecule has 1 saturated heterocycles. The van der Waals surface area contributed by atoms with Crippen molar-refractivity contribution in [2.75, 3.05) is 19.8 Å². The first kappa shape index (κ1) is 56.9. The van der Waals surface area contributed by atoms with Crippen molar-refractivity contribution in [3.63, 3.8) is 0 Å². The molecule has 0 saturated carbocycles. The van der Waals surface area contributed by atoms with Gasteiger partial charge in [-0.15, -0.1) is 0 Å². The van der Waals surface area contributed by atoms with Crippen molar-refractivity contribution >= 4 is 11.9 Å². The Kier molecular flexibility index (Phi) is 39.1. The first-order valence-electron chi connectivity index (χ1n) is 25.1. The summed E-state index contributed by atoms with van der Waals surface area (Å²) in [5.41, 5.74) is 0. The van der Waals surface area contributed by atoms with E-state index in [1.165, 1.54) is 122 Å². The van der Waals surface area contributed by atoms with Crippen LogP contribution in [-0.4, -0.2) is 89.0 Å². The van der Waals surface area contributed by atoms with Crippen LogP contribution in [0.3, 0.4) is 0 Å². The molecule has 0 radical (unpaired) electrons. The molecular weight excluding hydrogens is 773 g/mol. The lowest BCUT2D eigenvalue weighted by Gasteiger charge is -2.39. The predicted octanol–water partition coefficient (Wildman–Crippen LogP) is 11.4. The predicted molar refractivity (Wildman–Crippen MR) is 247 cm³/mol. The lowest BCUT2D eigenvalue weighted by Crippen LogP contribution is -2.59. The molecule has 61 heavy (non-hydrogen) atoms. The third-order valence-corrected chi connectivity index (χ3v) is 11.5. The van der Waals surface area contributed by atoms with Crippen LogP contribution in [0.4, 0.5) is 0 Å². The van der Waals surface area contributed by atoms with Gasteiger partial charge in [0.25, 0.3) is 0 Å². The Morgan fingerprint density at radius 2 is 0.951 bits per heavy atom. The highest BCUT2D eigenvalue weighted by molar-refractivity contribution is 5.70. The fourth-order valence-corrected chi connectivity index (χ4v) is 7.52. The van der Waals surface area contributed by atoms with Crippen LogP contribution in [0.1, 0.15) is 219 Å². The highest BCUT2D eigenvalue weighted by Gasteiger charge is 2.44. The molecule has 0 aromatic rings. The molecular formula is C51H92O10. The Balaban J connectivity index is 2.23. The molecule has 0 aliphatic carbocycles. The van der Waals surface area contributed by atoms with Crippen molar-refractivity contribution in [2.24, 2.45) is 0 Å². The third-order valence-electron chi connectivity index (χ3n) is 11.5. The lowest BCUT2D eigenvalue weighted by molar-refractivity contribution is -0.305. The molecule has 356 valence electrons. The second kappa shape index (κ2) is 41.9. The summed E-state index contributed by atoms with van der Waals surface area (Å²) < 4.78 is 22.2. The summed E-state index contributed by atoms with van der Waals surface area (Å²) in [6, 6.07) is 0. The van der Waals surface area contributed by atoms with Crippen LogP contribution in [0.5, 0.6) is 0 Å². The van der Waals surface area contributed by atoms with Gasteiger partial charge in [0.15, 0.2) is 12.4 Å². The molecule has 1 rings (SSSR count). The monoisotopic (exact) mass is 865 g/mol. The number of hydrogen-bond acceptors (Lipinski definition) is 10. The number of unbranched alkanes of at least 4 members (excludes halogenated alkanes) is 25. The standard InChI is InChI=1S/C51H92O10/c1-3-5-7-9-11-13-15-17-18-19-20-21-22-23-24-25-26-28-29-31-33-35-37-39-46(53)58-42-44(43-59-51-50(57)49(56)48(55)45(41-52)61-51)60-47(54)40-38-36-34-32-30-27-16-14-12-10-8-6-4-2/h8,10,14,16,19-20,44-45,48-52,55-57H,3-7,9,11-13,15,17-18,21-43H2,1-2H3/b10-8-,16-14-,20-19-. The summed E-state index contributed by atoms with van der Waals surface area (Å²) in [6.07, 6.45) is 41.6. The van der Waals surface area contributed by atoms with Gasteiger partial charge < -0.3 is 39.4 Å². The summed E-state index contributed by atoms with van der Waals surface area (Å²) in [5, 5.41) is 40.1. The molecule has 1 aliphatic heterocycles. The fraction of sp³-hybridized carbons (Fsp3) is 0.843. The number of ether oxygens (including phenoxy) is 4. The second-order valence-corrected chi connectivity index (χ2v) is 17.3. The summed E-state index contributed by atoms with van der Waals surface area (Å²) in [7, 11) is 0. The van der Waals surface area contributed by atoms with E-state index in [4.69, 9.17) is 18.9 Å². The van der Waals surface area contributed by atoms with E-state index in [2.05, 4.69) is 50.3 Å². The molecule has 6 atom stereocenters. The van der Waals surface area contributed by atoms with Gasteiger partial charge in [-0.05, 0) is 64.2 Å². The van der Waals surface area contributed by atoms with Crippen molar-refractivity contribution in [3.8, 4) is 0 Å². The van der Waals surface area contributed by atoms with Crippen LogP contribution in [0.15, 0.2) is 36.5 Å². The number of carbonyl (C=O) groups excluding carboxylic acids is 2. The number of hydrogen-bond donors (Lipinski definition) is 4. The van der Waals surface area contributed by atoms with Gasteiger partial charge in [0.2, 0.25) is 0 Å². The van der Waals surface area contributed by atoms with Crippen molar-refractivity contribution < 1.29 is 49.0 Å². The number of rotatable bonds is 42. The SMILES string of the molecule is CCC/C=C\C/C=C\CCCCCCCC(=O)OC(COC(=O)CCCCCCCCCCCCC/C=C\CCCCCCCCCC)COC1OC(CO)C(O)C(O)C1O. The van der Waals surface area contributed by atoms with Gasteiger partial charge in [0.05, 0.1) is 13.2 Å². The van der Waals surface area contributed by atoms with Gasteiger partial charge >= 0.3 is 11.9 Å². The highest BCUT2D eigenvalue weighted by atomic mass is 16.7. The maximum atomic E-state index is 12.8. The minimum atomic E-state index is -1.60. The minimum absolute atomic E-state index is 0.214. The first-order chi connectivity index (χ1) is 29.8. The molecule has 0 aromatic carbocycles. The maximum absolute atomic E-state index is 12.8. The zero-order valence-corrected chi connectivity index (χ0v) is 38.9. The van der Waals surface area contributed by atoms with Crippen LogP contribution in [-0.2, 0) is 28.5 Å². The van der Waals surface area contributed by atoms with Crippen LogP contribution >= 0.6 is 0 Å². The van der Waals surface area contributed by atoms with Crippen molar-refractivity contribution in [3.05, 3.63) is 36.5 Å². The highest BCUT2D eigenvalue weighted by Crippen LogP contribution is 2.23. The molecule has 0 spiro atoms. The van der Waals surface area contributed by atoms with Crippen LogP contribution in [0.25, 0.3) is 0 Å². The quantitative estimate of drug-likeness (QED) is 0.0265. The number of allylic oxidation sites excluding steroid dienone is 6. The smallest absolute Gasteiger partial charge is 0.306 e. The number of carbonyl (C=O) groups is 2. The van der Waals surface area contributed by atoms with Crippen molar-refractivity contribution in [1.29, 1.82) is 0 Å². The molecule has 4 N–H and O–H groups in total. The van der Waals surface area contributed by atoms with Gasteiger partial charge in [-0.1, -0.05) is 179 Å². The zero-order valence-electron chi connectivity index (χ0n) is 38.9. The van der Waals surface area contributed by atoms with Crippen LogP contribution < -0.4 is 0 Å². The van der Waals surface area contributed by atoms with Crippen molar-refractivity contribution in [1.82, 2.24) is 0 Å². The number of esters is 2. The molecule has 0 aromatic heterocycles. The molecule has 10 heteroatoms. The Labute approximate surface area is 372 Å². The average molecular weight is 865 g/mol. The normalized spacial score (nSPS) is 20.0. The molecule has 1 aliphatic rings. The van der Waals surface area contributed by atoms with Crippen LogP contribution in [0, 0.1) is 0 Å². The fourth-order valence-electron chi connectivity index (χ4n) is 7.52. The summed E-state index contributed by atoms with van der Waals surface area (Å²) in [6.45, 7) is 3.36. The van der Waals surface area contributed by atoms with Gasteiger partial charge in [-0.2, -0.15) is 0 Å². The summed E-state index contributed by atoms with van der Waals surface area (Å²) >= 11 is 0. The summed E-state index contributed by atoms with van der Waals surface area (Å²) in [5.74, 6) is -0.819. The van der Waals surface area contributed by atoms with Gasteiger partial charge in [-0.3, -0.25) is 9.59 Å². The lowest BCUT2D eigenvalue weighted by atomic mass is 9.99. The van der Waals surface area contributed by atoms with E-state index in [1.54, 1.807) is 0 Å². The summed E-state index contributed by atoms with van der Waals surface area (Å²) in [4.78, 5) is 25.4. The Morgan fingerprint density at radius 3 is 1.44 bits per heavy atom. The van der Waals surface area contributed by atoms with Gasteiger partial charge in [-0.25, -0.2) is 0 Å². The molecule has 0 bridgehead atoms. The molecule has 0 amide bonds. The Bertz CT molecular complexity index is 1090. The number of aliphatic hydroxyl groups excluding tert-OH is 4. The van der Waals surface area contributed by atoms with E-state index in [1.807, 2.05) is 0 Å². The van der Waals surface area contributed by atoms with E-state index >= 15 is 0 Å². The van der Waals surface area contributed by atoms with E-state index in [-0.39, 0.29) is 32.0 Å². The van der Waals surface area contributed by atoms with Crippen molar-refractivity contribution in [2.45, 2.75) is 256 Å². The van der Waals surface area contributed by atoms with E-state index in [0.29, 0.717) is 6.42 Å². The van der Waals surface area contributed by atoms with E-state index in [0.717, 1.165) is 64.2 Å². The zero-order chi connectivity index (χ0) is 44.4. The molecule has 1 fully saturated rings. The second-order valence-electron chi connectivity index (χ2n) is 17.3. The molecule has 6 unspecified atom stereocenters. The Hall–Kier alpha value is -2.08. The Morgan fingerprint density at radius 1 is 0.508 bits per heavy atom.